The quantitative estimate of drug-likeness (QED) is 0.535. The monoisotopic (exact) mass is 464 g/mol. The first-order valence-corrected chi connectivity index (χ1v) is 10.9. The van der Waals surface area contributed by atoms with Gasteiger partial charge < -0.3 is 39.4 Å². The van der Waals surface area contributed by atoms with Crippen LogP contribution in [0.2, 0.25) is 5.02 Å². The van der Waals surface area contributed by atoms with Gasteiger partial charge in [0, 0.05) is 5.02 Å². The number of benzene rings is 2. The van der Waals surface area contributed by atoms with Gasteiger partial charge in [0.15, 0.2) is 11.5 Å². The van der Waals surface area contributed by atoms with Crippen LogP contribution >= 0.6 is 11.6 Å². The fraction of sp³-hybridized carbons (Fsp3) is 0.478. The van der Waals surface area contributed by atoms with E-state index < -0.39 is 42.9 Å². The van der Waals surface area contributed by atoms with Crippen LogP contribution in [0.1, 0.15) is 29.2 Å². The van der Waals surface area contributed by atoms with Gasteiger partial charge >= 0.3 is 0 Å². The highest BCUT2D eigenvalue weighted by atomic mass is 35.5. The molecule has 3 aliphatic heterocycles. The molecule has 3 heterocycles. The maximum absolute atomic E-state index is 10.4. The summed E-state index contributed by atoms with van der Waals surface area (Å²) in [6.07, 6.45) is -4.92. The second-order valence-corrected chi connectivity index (χ2v) is 8.88. The molecule has 3 aliphatic rings. The highest BCUT2D eigenvalue weighted by molar-refractivity contribution is 6.31. The zero-order valence-corrected chi connectivity index (χ0v) is 17.9. The van der Waals surface area contributed by atoms with Crippen LogP contribution in [0.15, 0.2) is 36.4 Å². The number of aliphatic hydroxyl groups excluding tert-OH is 4. The van der Waals surface area contributed by atoms with Crippen LogP contribution in [0.5, 0.6) is 11.5 Å². The van der Waals surface area contributed by atoms with E-state index >= 15 is 0 Å². The van der Waals surface area contributed by atoms with E-state index in [1.54, 1.807) is 18.2 Å². The predicted octanol–water partition coefficient (Wildman–Crippen LogP) is 1.33. The van der Waals surface area contributed by atoms with Crippen molar-refractivity contribution in [1.82, 2.24) is 0 Å². The van der Waals surface area contributed by atoms with Crippen molar-refractivity contribution in [3.63, 3.8) is 0 Å². The van der Waals surface area contributed by atoms with E-state index in [9.17, 15) is 20.4 Å². The van der Waals surface area contributed by atoms with Gasteiger partial charge in [-0.15, -0.1) is 0 Å². The van der Waals surface area contributed by atoms with E-state index in [1.807, 2.05) is 18.2 Å². The van der Waals surface area contributed by atoms with Crippen molar-refractivity contribution >= 4 is 11.6 Å². The first-order chi connectivity index (χ1) is 15.4. The van der Waals surface area contributed by atoms with E-state index in [4.69, 9.17) is 30.5 Å². The Morgan fingerprint density at radius 1 is 0.969 bits per heavy atom. The molecule has 0 bridgehead atoms. The van der Waals surface area contributed by atoms with Gasteiger partial charge in [-0.25, -0.2) is 0 Å². The normalized spacial score (nSPS) is 33.7. The molecule has 8 nitrogen and oxygen atoms in total. The molecule has 9 heteroatoms. The van der Waals surface area contributed by atoms with Gasteiger partial charge in [-0.05, 0) is 41.3 Å². The smallest absolute Gasteiger partial charge is 0.277 e. The van der Waals surface area contributed by atoms with Crippen LogP contribution in [0.4, 0.5) is 0 Å². The molecule has 2 saturated heterocycles. The molecule has 5 rings (SSSR count). The molecule has 172 valence electrons. The number of fused-ring (bicyclic) bond motifs is 1. The zero-order valence-electron chi connectivity index (χ0n) is 17.2. The number of halogens is 1. The summed E-state index contributed by atoms with van der Waals surface area (Å²) in [7, 11) is 0. The van der Waals surface area contributed by atoms with Crippen LogP contribution in [0.25, 0.3) is 0 Å². The van der Waals surface area contributed by atoms with Crippen molar-refractivity contribution in [2.24, 2.45) is 0 Å². The summed E-state index contributed by atoms with van der Waals surface area (Å²) in [4.78, 5) is 0. The first-order valence-electron chi connectivity index (χ1n) is 10.6. The van der Waals surface area contributed by atoms with Crippen LogP contribution in [0, 0.1) is 0 Å². The first kappa shape index (κ1) is 21.9. The summed E-state index contributed by atoms with van der Waals surface area (Å²) >= 11 is 6.44. The molecular weight excluding hydrogens is 440 g/mol. The van der Waals surface area contributed by atoms with Gasteiger partial charge in [0.05, 0.1) is 19.6 Å². The van der Waals surface area contributed by atoms with E-state index in [2.05, 4.69) is 0 Å². The summed E-state index contributed by atoms with van der Waals surface area (Å²) in [6.45, 7) is 0.511. The highest BCUT2D eigenvalue weighted by Gasteiger charge is 2.46. The molecule has 0 radical (unpaired) electrons. The lowest BCUT2D eigenvalue weighted by molar-refractivity contribution is -0.231. The van der Waals surface area contributed by atoms with Crippen molar-refractivity contribution in [2.75, 3.05) is 19.8 Å². The third-order valence-corrected chi connectivity index (χ3v) is 6.60. The van der Waals surface area contributed by atoms with Crippen molar-refractivity contribution in [3.05, 3.63) is 58.1 Å². The summed E-state index contributed by atoms with van der Waals surface area (Å²) in [6, 6.07) is 10.9. The van der Waals surface area contributed by atoms with Crippen molar-refractivity contribution in [3.8, 4) is 11.5 Å². The van der Waals surface area contributed by atoms with Crippen LogP contribution in [-0.2, 0) is 15.9 Å². The van der Waals surface area contributed by atoms with E-state index in [0.717, 1.165) is 11.1 Å². The molecule has 1 spiro atoms. The fourth-order valence-electron chi connectivity index (χ4n) is 4.44. The molecule has 0 saturated carbocycles. The Hall–Kier alpha value is -1.91. The maximum atomic E-state index is 10.4. The summed E-state index contributed by atoms with van der Waals surface area (Å²) in [5.74, 6) is 0.608. The summed E-state index contributed by atoms with van der Waals surface area (Å²) in [5, 5.41) is 40.6. The lowest BCUT2D eigenvalue weighted by Crippen LogP contribution is -2.55. The summed E-state index contributed by atoms with van der Waals surface area (Å²) in [5.41, 5.74) is 2.33. The Balaban J connectivity index is 1.37. The molecule has 4 N–H and O–H groups in total. The number of aliphatic hydroxyl groups is 4. The van der Waals surface area contributed by atoms with Crippen molar-refractivity contribution in [1.29, 1.82) is 0 Å². The lowest BCUT2D eigenvalue weighted by Gasteiger charge is -2.40. The second kappa shape index (κ2) is 8.46. The van der Waals surface area contributed by atoms with E-state index in [0.29, 0.717) is 48.1 Å². The van der Waals surface area contributed by atoms with Gasteiger partial charge in [-0.2, -0.15) is 0 Å². The Bertz CT molecular complexity index is 990. The molecule has 1 unspecified atom stereocenters. The highest BCUT2D eigenvalue weighted by Crippen LogP contribution is 2.43. The molecule has 2 aromatic carbocycles. The van der Waals surface area contributed by atoms with Gasteiger partial charge in [-0.3, -0.25) is 0 Å². The minimum Gasteiger partial charge on any atom is -0.446 e. The zero-order chi connectivity index (χ0) is 22.5. The standard InChI is InChI=1S/C23H25ClO8/c24-15-3-2-13(22-21(28)20(27)19(26)18(10-25)30-22)9-14(15)7-12-1-4-16-17(8-12)32-23(31-16)5-6-29-11-23/h1-4,8-9,18-22,25-28H,5-7,10-11H2/t18-,19-,20+,21-,22+,23?/m1/s1. The Morgan fingerprint density at radius 3 is 2.53 bits per heavy atom. The predicted molar refractivity (Wildman–Crippen MR) is 113 cm³/mol. The van der Waals surface area contributed by atoms with E-state index in [-0.39, 0.29) is 0 Å². The molecule has 6 atom stereocenters. The molecule has 0 amide bonds. The van der Waals surface area contributed by atoms with Gasteiger partial charge in [0.25, 0.3) is 5.79 Å². The number of ether oxygens (including phenoxy) is 4. The molecular formula is C23H25ClO8. The molecule has 32 heavy (non-hydrogen) atoms. The molecule has 2 aromatic rings. The molecule has 2 fully saturated rings. The molecule has 0 aliphatic carbocycles. The van der Waals surface area contributed by atoms with Gasteiger partial charge in [0.2, 0.25) is 0 Å². The van der Waals surface area contributed by atoms with E-state index in [1.165, 1.54) is 0 Å². The maximum Gasteiger partial charge on any atom is 0.277 e. The minimum absolute atomic E-state index is 0.393. The topological polar surface area (TPSA) is 118 Å². The molecule has 0 aromatic heterocycles. The van der Waals surface area contributed by atoms with Gasteiger partial charge in [0.1, 0.15) is 37.1 Å². The Kier molecular flexibility index (Phi) is 5.79. The number of hydrogen-bond donors (Lipinski definition) is 4. The van der Waals surface area contributed by atoms with Crippen LogP contribution in [-0.4, -0.2) is 70.4 Å². The SMILES string of the molecule is OC[C@H]1O[C@@H](c2ccc(Cl)c(Cc3ccc4c(c3)OC3(CCOC3)O4)c2)[C@H](O)[C@@H](O)[C@@H]1O. The Morgan fingerprint density at radius 2 is 1.78 bits per heavy atom. The number of hydrogen-bond acceptors (Lipinski definition) is 8. The second-order valence-electron chi connectivity index (χ2n) is 8.48. The lowest BCUT2D eigenvalue weighted by atomic mass is 9.90. The van der Waals surface area contributed by atoms with Crippen LogP contribution in [0.3, 0.4) is 0 Å². The average molecular weight is 465 g/mol. The summed E-state index contributed by atoms with van der Waals surface area (Å²) < 4.78 is 23.1. The van der Waals surface area contributed by atoms with Crippen molar-refractivity contribution in [2.45, 2.75) is 49.1 Å². The minimum atomic E-state index is -1.44. The number of rotatable bonds is 4. The van der Waals surface area contributed by atoms with Gasteiger partial charge in [-0.1, -0.05) is 29.8 Å². The fourth-order valence-corrected chi connectivity index (χ4v) is 4.63. The average Bonchev–Trinajstić information content (AvgIpc) is 3.39. The third-order valence-electron chi connectivity index (χ3n) is 6.23. The van der Waals surface area contributed by atoms with Crippen molar-refractivity contribution < 1.29 is 39.4 Å². The Labute approximate surface area is 189 Å². The largest absolute Gasteiger partial charge is 0.446 e. The third kappa shape index (κ3) is 3.86. The van der Waals surface area contributed by atoms with Crippen LogP contribution < -0.4 is 9.47 Å².